The van der Waals surface area contributed by atoms with Gasteiger partial charge < -0.3 is 9.16 Å². The van der Waals surface area contributed by atoms with E-state index >= 15 is 0 Å². The lowest BCUT2D eigenvalue weighted by Crippen LogP contribution is -2.67. The lowest BCUT2D eigenvalue weighted by atomic mass is 9.93. The van der Waals surface area contributed by atoms with Crippen LogP contribution in [0.3, 0.4) is 0 Å². The average Bonchev–Trinajstić information content (AvgIpc) is 3.40. The Morgan fingerprint density at radius 1 is 0.872 bits per heavy atom. The normalized spacial score (nSPS) is 23.4. The van der Waals surface area contributed by atoms with E-state index in [1.165, 1.54) is 0 Å². The fourth-order valence-electron chi connectivity index (χ4n) is 6.28. The maximum Gasteiger partial charge on any atom is 0.306 e. The first kappa shape index (κ1) is 27.8. The summed E-state index contributed by atoms with van der Waals surface area (Å²) >= 11 is 0. The second kappa shape index (κ2) is 11.0. The molecule has 0 amide bonds. The van der Waals surface area contributed by atoms with Gasteiger partial charge >= 0.3 is 5.97 Å². The quantitative estimate of drug-likeness (QED) is 0.217. The SMILES string of the molecule is CC(C)(C)[Si](OC[C@@H]1[C@H]2CC(=O)O[C@H]2C[C@H]1OS(=O)(=O)Cc1ccccc1)(c1ccccc1)c1ccccc1. The molecule has 5 rings (SSSR count). The summed E-state index contributed by atoms with van der Waals surface area (Å²) in [5.74, 6) is -0.894. The Morgan fingerprint density at radius 2 is 1.41 bits per heavy atom. The third-order valence-electron chi connectivity index (χ3n) is 8.02. The molecule has 0 spiro atoms. The first-order valence-corrected chi connectivity index (χ1v) is 17.0. The van der Waals surface area contributed by atoms with Gasteiger partial charge in [-0.25, -0.2) is 0 Å². The van der Waals surface area contributed by atoms with Crippen LogP contribution < -0.4 is 10.4 Å². The molecule has 6 nitrogen and oxygen atoms in total. The van der Waals surface area contributed by atoms with E-state index in [1.807, 2.05) is 54.6 Å². The highest BCUT2D eigenvalue weighted by Crippen LogP contribution is 2.45. The van der Waals surface area contributed by atoms with Crippen LogP contribution in [0.1, 0.15) is 39.2 Å². The van der Waals surface area contributed by atoms with Gasteiger partial charge in [0.1, 0.15) is 11.9 Å². The molecule has 0 radical (unpaired) electrons. The molecule has 0 unspecified atom stereocenters. The highest BCUT2D eigenvalue weighted by molar-refractivity contribution is 7.85. The van der Waals surface area contributed by atoms with Gasteiger partial charge in [-0.1, -0.05) is 112 Å². The van der Waals surface area contributed by atoms with Crippen LogP contribution in [0.4, 0.5) is 0 Å². The fraction of sp³-hybridized carbons (Fsp3) is 0.387. The highest BCUT2D eigenvalue weighted by Gasteiger charge is 2.55. The van der Waals surface area contributed by atoms with Crippen molar-refractivity contribution < 1.29 is 26.6 Å². The summed E-state index contributed by atoms with van der Waals surface area (Å²) in [6.45, 7) is 6.89. The lowest BCUT2D eigenvalue weighted by Gasteiger charge is -2.44. The van der Waals surface area contributed by atoms with Crippen LogP contribution in [0.25, 0.3) is 0 Å². The standard InChI is InChI=1S/C31H36O6SSi/c1-31(2,3)39(24-15-9-5-10-16-24,25-17-11-6-12-18-25)35-21-27-26-19-30(32)36-28(26)20-29(27)37-38(33,34)22-23-13-7-4-8-14-23/h4-18,26-29H,19-22H2,1-3H3/t26-,27-,28+,29-/m1/s1. The number of esters is 1. The second-order valence-corrected chi connectivity index (χ2v) is 17.5. The van der Waals surface area contributed by atoms with E-state index in [0.717, 1.165) is 10.4 Å². The Balaban J connectivity index is 1.47. The summed E-state index contributed by atoms with van der Waals surface area (Å²) in [6, 6.07) is 29.7. The molecule has 3 aromatic carbocycles. The molecule has 1 aliphatic carbocycles. The number of hydrogen-bond donors (Lipinski definition) is 0. The van der Waals surface area contributed by atoms with Gasteiger partial charge in [0.2, 0.25) is 0 Å². The van der Waals surface area contributed by atoms with Crippen molar-refractivity contribution in [3.05, 3.63) is 96.6 Å². The number of fused-ring (bicyclic) bond motifs is 1. The van der Waals surface area contributed by atoms with Crippen LogP contribution in [-0.2, 0) is 34.0 Å². The Morgan fingerprint density at radius 3 is 1.95 bits per heavy atom. The third kappa shape index (κ3) is 5.75. The van der Waals surface area contributed by atoms with Gasteiger partial charge in [0.15, 0.2) is 0 Å². The van der Waals surface area contributed by atoms with Crippen molar-refractivity contribution in [2.24, 2.45) is 11.8 Å². The van der Waals surface area contributed by atoms with E-state index in [9.17, 15) is 13.2 Å². The second-order valence-electron chi connectivity index (χ2n) is 11.6. The van der Waals surface area contributed by atoms with Crippen molar-refractivity contribution in [1.29, 1.82) is 0 Å². The van der Waals surface area contributed by atoms with Gasteiger partial charge in [0.25, 0.3) is 18.4 Å². The molecule has 1 aliphatic heterocycles. The smallest absolute Gasteiger partial charge is 0.306 e. The summed E-state index contributed by atoms with van der Waals surface area (Å²) in [4.78, 5) is 12.2. The van der Waals surface area contributed by atoms with Gasteiger partial charge in [0.05, 0.1) is 12.5 Å². The van der Waals surface area contributed by atoms with Crippen molar-refractivity contribution in [3.63, 3.8) is 0 Å². The Labute approximate surface area is 232 Å². The van der Waals surface area contributed by atoms with Crippen LogP contribution in [0.2, 0.25) is 5.04 Å². The van der Waals surface area contributed by atoms with E-state index in [0.29, 0.717) is 12.0 Å². The molecule has 0 bridgehead atoms. The largest absolute Gasteiger partial charge is 0.462 e. The van der Waals surface area contributed by atoms with E-state index in [2.05, 4.69) is 45.0 Å². The molecule has 0 N–H and O–H groups in total. The predicted octanol–water partition coefficient (Wildman–Crippen LogP) is 4.43. The highest BCUT2D eigenvalue weighted by atomic mass is 32.2. The molecule has 0 aromatic heterocycles. The van der Waals surface area contributed by atoms with Crippen molar-refractivity contribution in [1.82, 2.24) is 0 Å². The molecule has 1 saturated carbocycles. The van der Waals surface area contributed by atoms with Gasteiger partial charge in [-0.2, -0.15) is 8.42 Å². The maximum absolute atomic E-state index is 13.1. The molecule has 4 atom stereocenters. The summed E-state index contributed by atoms with van der Waals surface area (Å²) in [6.07, 6.45) is -0.390. The molecule has 2 fully saturated rings. The number of benzene rings is 3. The average molecular weight is 565 g/mol. The molecule has 3 aromatic rings. The van der Waals surface area contributed by atoms with Gasteiger partial charge in [0, 0.05) is 24.9 Å². The lowest BCUT2D eigenvalue weighted by molar-refractivity contribution is -0.141. The van der Waals surface area contributed by atoms with Crippen LogP contribution in [0.5, 0.6) is 0 Å². The van der Waals surface area contributed by atoms with E-state index in [1.54, 1.807) is 12.1 Å². The first-order chi connectivity index (χ1) is 18.6. The number of ether oxygens (including phenoxy) is 1. The number of carbonyl (C=O) groups excluding carboxylic acids is 1. The maximum atomic E-state index is 13.1. The zero-order chi connectivity index (χ0) is 27.7. The van der Waals surface area contributed by atoms with Crippen LogP contribution in [-0.4, -0.2) is 41.5 Å². The monoisotopic (exact) mass is 564 g/mol. The molecule has 1 heterocycles. The van der Waals surface area contributed by atoms with Gasteiger partial charge in [-0.15, -0.1) is 0 Å². The minimum absolute atomic E-state index is 0.146. The predicted molar refractivity (Wildman–Crippen MR) is 154 cm³/mol. The van der Waals surface area contributed by atoms with Crippen LogP contribution >= 0.6 is 0 Å². The van der Waals surface area contributed by atoms with Crippen LogP contribution in [0, 0.1) is 11.8 Å². The molecule has 2 aliphatic rings. The molecular formula is C31H36O6SSi. The first-order valence-electron chi connectivity index (χ1n) is 13.5. The van der Waals surface area contributed by atoms with Crippen molar-refractivity contribution in [2.45, 2.75) is 56.6 Å². The zero-order valence-electron chi connectivity index (χ0n) is 22.7. The van der Waals surface area contributed by atoms with Crippen molar-refractivity contribution >= 4 is 34.8 Å². The summed E-state index contributed by atoms with van der Waals surface area (Å²) in [5.41, 5.74) is 0.669. The van der Waals surface area contributed by atoms with Crippen molar-refractivity contribution in [3.8, 4) is 0 Å². The summed E-state index contributed by atoms with van der Waals surface area (Å²) in [5, 5.41) is 2.06. The van der Waals surface area contributed by atoms with Crippen LogP contribution in [0.15, 0.2) is 91.0 Å². The van der Waals surface area contributed by atoms with Gasteiger partial charge in [-0.05, 0) is 21.0 Å². The number of hydrogen-bond acceptors (Lipinski definition) is 6. The third-order valence-corrected chi connectivity index (χ3v) is 14.3. The van der Waals surface area contributed by atoms with Crippen molar-refractivity contribution in [2.75, 3.05) is 6.61 Å². The van der Waals surface area contributed by atoms with E-state index < -0.39 is 24.5 Å². The number of carbonyl (C=O) groups is 1. The summed E-state index contributed by atoms with van der Waals surface area (Å²) in [7, 11) is -6.72. The topological polar surface area (TPSA) is 78.9 Å². The Kier molecular flexibility index (Phi) is 7.83. The summed E-state index contributed by atoms with van der Waals surface area (Å²) < 4.78 is 44.9. The minimum Gasteiger partial charge on any atom is -0.462 e. The Hall–Kier alpha value is -2.78. The minimum atomic E-state index is -3.87. The fourth-order valence-corrected chi connectivity index (χ4v) is 12.1. The molecule has 206 valence electrons. The molecule has 1 saturated heterocycles. The van der Waals surface area contributed by atoms with Gasteiger partial charge in [-0.3, -0.25) is 8.98 Å². The number of rotatable bonds is 9. The van der Waals surface area contributed by atoms with E-state index in [4.69, 9.17) is 13.3 Å². The van der Waals surface area contributed by atoms with E-state index in [-0.39, 0.29) is 47.7 Å². The molecule has 39 heavy (non-hydrogen) atoms. The Bertz CT molecular complexity index is 1330. The zero-order valence-corrected chi connectivity index (χ0v) is 24.5. The molecule has 8 heteroatoms. The molecular weight excluding hydrogens is 528 g/mol.